The summed E-state index contributed by atoms with van der Waals surface area (Å²) in [5.74, 6) is -0.714. The number of hydrogen-bond acceptors (Lipinski definition) is 4. The van der Waals surface area contributed by atoms with Gasteiger partial charge < -0.3 is 0 Å². The van der Waals surface area contributed by atoms with Crippen molar-refractivity contribution >= 4 is 0 Å². The molecule has 0 fully saturated rings. The number of rotatable bonds is 5. The topological polar surface area (TPSA) is 67.4 Å². The van der Waals surface area contributed by atoms with Crippen LogP contribution in [0.15, 0.2) is 36.5 Å². The minimum absolute atomic E-state index is 0.0109. The summed E-state index contributed by atoms with van der Waals surface area (Å²) in [6.45, 7) is 4.82. The molecule has 0 bridgehead atoms. The third kappa shape index (κ3) is 3.58. The van der Waals surface area contributed by atoms with Crippen LogP contribution in [0.4, 0.5) is 8.78 Å². The highest BCUT2D eigenvalue weighted by Gasteiger charge is 2.34. The lowest BCUT2D eigenvalue weighted by Crippen LogP contribution is -2.23. The Morgan fingerprint density at radius 1 is 1.17 bits per heavy atom. The molecule has 0 aliphatic heterocycles. The van der Waals surface area contributed by atoms with Gasteiger partial charge in [-0.05, 0) is 54.5 Å². The van der Waals surface area contributed by atoms with E-state index in [1.54, 1.807) is 12.3 Å². The van der Waals surface area contributed by atoms with Gasteiger partial charge in [0.2, 0.25) is 0 Å². The zero-order valence-corrected chi connectivity index (χ0v) is 17.0. The molecular weight excluding hydrogens is 384 g/mol. The van der Waals surface area contributed by atoms with Gasteiger partial charge in [-0.3, -0.25) is 4.68 Å². The molecule has 3 aromatic rings. The quantitative estimate of drug-likeness (QED) is 0.583. The normalized spacial score (nSPS) is 18.3. The van der Waals surface area contributed by atoms with Crippen LogP contribution in [-0.4, -0.2) is 20.0 Å². The second kappa shape index (κ2) is 8.31. The minimum Gasteiger partial charge on any atom is -0.268 e. The van der Waals surface area contributed by atoms with Crippen LogP contribution in [-0.2, 0) is 6.54 Å². The van der Waals surface area contributed by atoms with Crippen molar-refractivity contribution in [3.63, 3.8) is 0 Å². The first-order valence-electron chi connectivity index (χ1n) is 10.2. The van der Waals surface area contributed by atoms with Crippen LogP contribution < -0.4 is 0 Å². The molecule has 0 amide bonds. The van der Waals surface area contributed by atoms with Gasteiger partial charge in [0.15, 0.2) is 0 Å². The van der Waals surface area contributed by atoms with Gasteiger partial charge in [-0.25, -0.2) is 8.78 Å². The Balaban J connectivity index is 1.82. The summed E-state index contributed by atoms with van der Waals surface area (Å²) in [7, 11) is 0. The minimum atomic E-state index is -0.646. The lowest BCUT2D eigenvalue weighted by Gasteiger charge is -2.33. The first-order valence-corrected chi connectivity index (χ1v) is 10.2. The zero-order valence-electron chi connectivity index (χ0n) is 17.0. The third-order valence-electron chi connectivity index (χ3n) is 5.91. The predicted molar refractivity (Wildman–Crippen MR) is 108 cm³/mol. The number of hydrogen-bond donors (Lipinski definition) is 0. The molecule has 30 heavy (non-hydrogen) atoms. The molecule has 2 heterocycles. The Kier molecular flexibility index (Phi) is 5.58. The monoisotopic (exact) mass is 407 g/mol. The molecule has 4 rings (SSSR count). The van der Waals surface area contributed by atoms with E-state index in [9.17, 15) is 8.78 Å². The average molecular weight is 407 g/mol. The molecule has 1 aliphatic carbocycles. The largest absolute Gasteiger partial charge is 0.268 e. The van der Waals surface area contributed by atoms with Gasteiger partial charge in [-0.2, -0.15) is 15.5 Å². The highest BCUT2D eigenvalue weighted by atomic mass is 19.1. The summed E-state index contributed by atoms with van der Waals surface area (Å²) in [5, 5.41) is 22.0. The summed E-state index contributed by atoms with van der Waals surface area (Å²) in [4.78, 5) is 0. The van der Waals surface area contributed by atoms with Crippen LogP contribution in [0.5, 0.6) is 0 Å². The molecule has 0 spiro atoms. The lowest BCUT2D eigenvalue weighted by atomic mass is 9.73. The van der Waals surface area contributed by atoms with Crippen LogP contribution >= 0.6 is 0 Å². The summed E-state index contributed by atoms with van der Waals surface area (Å²) in [6, 6.07) is 9.71. The standard InChI is InChI=1S/C23H23F2N5/c1-14(2)15-7-8-16(21-9-11-27-30(21)12-4-10-26)23-17(15)13-20(28-29-23)22-18(24)5-3-6-19(22)25/h3,5-6,9,11,13-16H,4,7-8,12H2,1-2H3. The maximum atomic E-state index is 14.3. The predicted octanol–water partition coefficient (Wildman–Crippen LogP) is 5.20. The Bertz CT molecular complexity index is 1080. The number of benzene rings is 1. The van der Waals surface area contributed by atoms with E-state index in [4.69, 9.17) is 5.26 Å². The second-order valence-corrected chi connectivity index (χ2v) is 8.03. The molecule has 0 N–H and O–H groups in total. The molecule has 5 nitrogen and oxygen atoms in total. The molecule has 7 heteroatoms. The number of aryl methyl sites for hydroxylation is 1. The van der Waals surface area contributed by atoms with Crippen LogP contribution in [0, 0.1) is 28.9 Å². The van der Waals surface area contributed by atoms with Gasteiger partial charge in [0, 0.05) is 17.8 Å². The average Bonchev–Trinajstić information content (AvgIpc) is 3.19. The summed E-state index contributed by atoms with van der Waals surface area (Å²) >= 11 is 0. The van der Waals surface area contributed by atoms with Crippen molar-refractivity contribution in [2.75, 3.05) is 0 Å². The van der Waals surface area contributed by atoms with Gasteiger partial charge >= 0.3 is 0 Å². The van der Waals surface area contributed by atoms with Crippen LogP contribution in [0.3, 0.4) is 0 Å². The maximum absolute atomic E-state index is 14.3. The summed E-state index contributed by atoms with van der Waals surface area (Å²) in [6.07, 6.45) is 3.93. The molecule has 0 saturated heterocycles. The van der Waals surface area contributed by atoms with Gasteiger partial charge in [-0.1, -0.05) is 19.9 Å². The maximum Gasteiger partial charge on any atom is 0.135 e. The van der Waals surface area contributed by atoms with E-state index in [0.717, 1.165) is 29.8 Å². The van der Waals surface area contributed by atoms with Crippen molar-refractivity contribution in [3.8, 4) is 17.3 Å². The zero-order chi connectivity index (χ0) is 21.3. The van der Waals surface area contributed by atoms with E-state index in [1.165, 1.54) is 18.2 Å². The molecule has 1 aliphatic rings. The first kappa shape index (κ1) is 20.1. The molecule has 2 unspecified atom stereocenters. The van der Waals surface area contributed by atoms with E-state index in [0.29, 0.717) is 18.9 Å². The fourth-order valence-electron chi connectivity index (χ4n) is 4.45. The Morgan fingerprint density at radius 2 is 1.93 bits per heavy atom. The Hall–Kier alpha value is -3.14. The highest BCUT2D eigenvalue weighted by Crippen LogP contribution is 2.45. The van der Waals surface area contributed by atoms with Crippen LogP contribution in [0.25, 0.3) is 11.3 Å². The molecule has 2 atom stereocenters. The van der Waals surface area contributed by atoms with E-state index in [-0.39, 0.29) is 23.1 Å². The van der Waals surface area contributed by atoms with Crippen molar-refractivity contribution in [3.05, 3.63) is 65.1 Å². The number of halogens is 2. The number of nitriles is 1. The SMILES string of the molecule is CC(C)C1CCC(c2ccnn2CCC#N)c2nnc(-c3c(F)cccc3F)cc21. The molecule has 154 valence electrons. The molecule has 0 radical (unpaired) electrons. The Morgan fingerprint density at radius 3 is 2.63 bits per heavy atom. The molecule has 0 saturated carbocycles. The first-order chi connectivity index (χ1) is 14.5. The number of aromatic nitrogens is 4. The van der Waals surface area contributed by atoms with Crippen LogP contribution in [0.2, 0.25) is 0 Å². The smallest absolute Gasteiger partial charge is 0.135 e. The summed E-state index contributed by atoms with van der Waals surface area (Å²) < 4.78 is 30.5. The van der Waals surface area contributed by atoms with Crippen LogP contribution in [0.1, 0.15) is 61.9 Å². The molecule has 2 aromatic heterocycles. The van der Waals surface area contributed by atoms with E-state index >= 15 is 0 Å². The number of fused-ring (bicyclic) bond motifs is 1. The van der Waals surface area contributed by atoms with Gasteiger partial charge in [0.25, 0.3) is 0 Å². The second-order valence-electron chi connectivity index (χ2n) is 8.03. The van der Waals surface area contributed by atoms with Crippen molar-refractivity contribution in [2.45, 2.75) is 51.5 Å². The van der Waals surface area contributed by atoms with Crippen molar-refractivity contribution in [2.24, 2.45) is 5.92 Å². The van der Waals surface area contributed by atoms with Gasteiger partial charge in [0.1, 0.15) is 11.6 Å². The number of nitrogens with zero attached hydrogens (tertiary/aromatic N) is 5. The Labute approximate surface area is 174 Å². The van der Waals surface area contributed by atoms with Gasteiger partial charge in [-0.15, -0.1) is 5.10 Å². The van der Waals surface area contributed by atoms with Crippen molar-refractivity contribution in [1.82, 2.24) is 20.0 Å². The molecule has 1 aromatic carbocycles. The third-order valence-corrected chi connectivity index (χ3v) is 5.91. The van der Waals surface area contributed by atoms with Gasteiger partial charge in [0.05, 0.1) is 36.0 Å². The lowest BCUT2D eigenvalue weighted by molar-refractivity contribution is 0.400. The fourth-order valence-corrected chi connectivity index (χ4v) is 4.45. The van der Waals surface area contributed by atoms with E-state index in [1.807, 2.05) is 10.7 Å². The fraction of sp³-hybridized carbons (Fsp3) is 0.391. The summed E-state index contributed by atoms with van der Waals surface area (Å²) in [5.41, 5.74) is 2.89. The molecular formula is C23H23F2N5. The van der Waals surface area contributed by atoms with Crippen molar-refractivity contribution in [1.29, 1.82) is 5.26 Å². The van der Waals surface area contributed by atoms with Crippen molar-refractivity contribution < 1.29 is 8.78 Å². The van der Waals surface area contributed by atoms with E-state index in [2.05, 4.69) is 35.2 Å². The highest BCUT2D eigenvalue weighted by molar-refractivity contribution is 5.62. The van der Waals surface area contributed by atoms with E-state index < -0.39 is 11.6 Å².